The molecule has 0 bridgehead atoms. The number of halogens is 2. The molecule has 1 aliphatic heterocycles. The molecule has 0 spiro atoms. The average Bonchev–Trinajstić information content (AvgIpc) is 2.28. The van der Waals surface area contributed by atoms with Crippen LogP contribution in [0.2, 0.25) is 0 Å². The van der Waals surface area contributed by atoms with Crippen LogP contribution >= 0.6 is 31.9 Å². The van der Waals surface area contributed by atoms with Crippen molar-refractivity contribution in [3.05, 3.63) is 27.1 Å². The van der Waals surface area contributed by atoms with Crippen molar-refractivity contribution < 1.29 is 0 Å². The highest BCUT2D eigenvalue weighted by Gasteiger charge is 2.29. The van der Waals surface area contributed by atoms with Gasteiger partial charge in [0.25, 0.3) is 0 Å². The first-order valence-electron chi connectivity index (χ1n) is 6.31. The standard InChI is InChI=1S/C14H20Br2N2/c1-14(2,3)13-9-18(7-6-17-13)12-5-4-10(15)8-11(12)16/h4-5,8,13,17H,6-7,9H2,1-3H3. The molecule has 1 atom stereocenters. The summed E-state index contributed by atoms with van der Waals surface area (Å²) in [5, 5.41) is 3.62. The van der Waals surface area contributed by atoms with Gasteiger partial charge in [0.1, 0.15) is 0 Å². The molecule has 1 fully saturated rings. The molecule has 1 aromatic rings. The Bertz CT molecular complexity index is 426. The van der Waals surface area contributed by atoms with Gasteiger partial charge in [-0.1, -0.05) is 36.7 Å². The first-order valence-corrected chi connectivity index (χ1v) is 7.90. The first kappa shape index (κ1) is 14.4. The third-order valence-corrected chi connectivity index (χ3v) is 4.60. The van der Waals surface area contributed by atoms with Crippen molar-refractivity contribution in [1.29, 1.82) is 0 Å². The number of anilines is 1. The maximum atomic E-state index is 3.66. The molecule has 4 heteroatoms. The van der Waals surface area contributed by atoms with Gasteiger partial charge in [0, 0.05) is 34.6 Å². The summed E-state index contributed by atoms with van der Waals surface area (Å²) in [5.74, 6) is 0. The lowest BCUT2D eigenvalue weighted by molar-refractivity contribution is 0.254. The monoisotopic (exact) mass is 374 g/mol. The van der Waals surface area contributed by atoms with E-state index in [0.717, 1.165) is 28.6 Å². The van der Waals surface area contributed by atoms with Crippen LogP contribution in [0.25, 0.3) is 0 Å². The van der Waals surface area contributed by atoms with Crippen LogP contribution in [-0.2, 0) is 0 Å². The highest BCUT2D eigenvalue weighted by atomic mass is 79.9. The summed E-state index contributed by atoms with van der Waals surface area (Å²) in [7, 11) is 0. The van der Waals surface area contributed by atoms with Gasteiger partial charge < -0.3 is 10.2 Å². The van der Waals surface area contributed by atoms with E-state index < -0.39 is 0 Å². The largest absolute Gasteiger partial charge is 0.368 e. The average molecular weight is 376 g/mol. The minimum atomic E-state index is 0.292. The van der Waals surface area contributed by atoms with E-state index in [1.807, 2.05) is 0 Å². The lowest BCUT2D eigenvalue weighted by Gasteiger charge is -2.41. The van der Waals surface area contributed by atoms with Crippen molar-refractivity contribution >= 4 is 37.5 Å². The maximum absolute atomic E-state index is 3.66. The molecule has 1 N–H and O–H groups in total. The third-order valence-electron chi connectivity index (χ3n) is 3.47. The molecular formula is C14H20Br2N2. The second-order valence-corrected chi connectivity index (χ2v) is 7.68. The summed E-state index contributed by atoms with van der Waals surface area (Å²) < 4.78 is 2.27. The molecule has 1 unspecified atom stereocenters. The van der Waals surface area contributed by atoms with Crippen LogP contribution < -0.4 is 10.2 Å². The highest BCUT2D eigenvalue weighted by molar-refractivity contribution is 9.11. The van der Waals surface area contributed by atoms with Crippen molar-refractivity contribution in [2.24, 2.45) is 5.41 Å². The zero-order valence-corrected chi connectivity index (χ0v) is 14.3. The van der Waals surface area contributed by atoms with Gasteiger partial charge in [-0.05, 0) is 39.5 Å². The van der Waals surface area contributed by atoms with Crippen LogP contribution in [0.3, 0.4) is 0 Å². The smallest absolute Gasteiger partial charge is 0.0512 e. The highest BCUT2D eigenvalue weighted by Crippen LogP contribution is 2.31. The number of nitrogens with one attached hydrogen (secondary N) is 1. The van der Waals surface area contributed by atoms with Crippen LogP contribution in [0.5, 0.6) is 0 Å². The Labute approximate surface area is 126 Å². The number of piperazine rings is 1. The van der Waals surface area contributed by atoms with Crippen molar-refractivity contribution in [1.82, 2.24) is 5.32 Å². The lowest BCUT2D eigenvalue weighted by atomic mass is 9.85. The molecule has 0 aromatic heterocycles. The van der Waals surface area contributed by atoms with Gasteiger partial charge in [0.05, 0.1) is 5.69 Å². The van der Waals surface area contributed by atoms with E-state index in [4.69, 9.17) is 0 Å². The van der Waals surface area contributed by atoms with Gasteiger partial charge >= 0.3 is 0 Å². The van der Waals surface area contributed by atoms with Crippen molar-refractivity contribution in [3.8, 4) is 0 Å². The Morgan fingerprint density at radius 1 is 1.28 bits per heavy atom. The molecule has 100 valence electrons. The minimum Gasteiger partial charge on any atom is -0.368 e. The molecule has 1 saturated heterocycles. The van der Waals surface area contributed by atoms with Gasteiger partial charge in [-0.15, -0.1) is 0 Å². The molecule has 18 heavy (non-hydrogen) atoms. The normalized spacial score (nSPS) is 21.2. The fourth-order valence-electron chi connectivity index (χ4n) is 2.29. The van der Waals surface area contributed by atoms with E-state index in [1.165, 1.54) is 5.69 Å². The van der Waals surface area contributed by atoms with Crippen molar-refractivity contribution in [2.45, 2.75) is 26.8 Å². The van der Waals surface area contributed by atoms with Crippen LogP contribution in [0.4, 0.5) is 5.69 Å². The van der Waals surface area contributed by atoms with E-state index >= 15 is 0 Å². The zero-order chi connectivity index (χ0) is 13.3. The zero-order valence-electron chi connectivity index (χ0n) is 11.1. The summed E-state index contributed by atoms with van der Waals surface area (Å²) in [6, 6.07) is 6.93. The summed E-state index contributed by atoms with van der Waals surface area (Å²) in [5.41, 5.74) is 1.58. The summed E-state index contributed by atoms with van der Waals surface area (Å²) in [6.07, 6.45) is 0. The molecule has 2 nitrogen and oxygen atoms in total. The Hall–Kier alpha value is -0.0600. The van der Waals surface area contributed by atoms with Gasteiger partial charge in [0.15, 0.2) is 0 Å². The SMILES string of the molecule is CC(C)(C)C1CN(c2ccc(Br)cc2Br)CCN1. The fourth-order valence-corrected chi connectivity index (χ4v) is 3.58. The second-order valence-electron chi connectivity index (χ2n) is 5.91. The molecule has 0 aliphatic carbocycles. The number of rotatable bonds is 1. The summed E-state index contributed by atoms with van der Waals surface area (Å²) in [4.78, 5) is 2.46. The third kappa shape index (κ3) is 3.28. The molecule has 0 radical (unpaired) electrons. The molecule has 1 aliphatic rings. The van der Waals surface area contributed by atoms with Crippen LogP contribution in [-0.4, -0.2) is 25.7 Å². The van der Waals surface area contributed by atoms with Gasteiger partial charge in [-0.25, -0.2) is 0 Å². The predicted molar refractivity (Wildman–Crippen MR) is 85.3 cm³/mol. The molecule has 0 saturated carbocycles. The molecule has 2 rings (SSSR count). The Morgan fingerprint density at radius 3 is 2.61 bits per heavy atom. The molecule has 1 heterocycles. The van der Waals surface area contributed by atoms with Gasteiger partial charge in [-0.3, -0.25) is 0 Å². The van der Waals surface area contributed by atoms with E-state index in [2.05, 4.69) is 81.0 Å². The molecule has 0 amide bonds. The van der Waals surface area contributed by atoms with Crippen molar-refractivity contribution in [3.63, 3.8) is 0 Å². The summed E-state index contributed by atoms with van der Waals surface area (Å²) >= 11 is 7.16. The van der Waals surface area contributed by atoms with Crippen LogP contribution in [0.15, 0.2) is 27.1 Å². The second kappa shape index (κ2) is 5.51. The van der Waals surface area contributed by atoms with E-state index in [-0.39, 0.29) is 0 Å². The molecular weight excluding hydrogens is 356 g/mol. The predicted octanol–water partition coefficient (Wildman–Crippen LogP) is 4.04. The Balaban J connectivity index is 2.18. The topological polar surface area (TPSA) is 15.3 Å². The molecule has 1 aromatic carbocycles. The number of hydrogen-bond acceptors (Lipinski definition) is 2. The van der Waals surface area contributed by atoms with E-state index in [1.54, 1.807) is 0 Å². The van der Waals surface area contributed by atoms with Gasteiger partial charge in [-0.2, -0.15) is 0 Å². The summed E-state index contributed by atoms with van der Waals surface area (Å²) in [6.45, 7) is 10.1. The number of benzene rings is 1. The van der Waals surface area contributed by atoms with E-state index in [9.17, 15) is 0 Å². The van der Waals surface area contributed by atoms with Crippen molar-refractivity contribution in [2.75, 3.05) is 24.5 Å². The Morgan fingerprint density at radius 2 is 2.00 bits per heavy atom. The van der Waals surface area contributed by atoms with Crippen LogP contribution in [0, 0.1) is 5.41 Å². The lowest BCUT2D eigenvalue weighted by Crippen LogP contribution is -2.56. The minimum absolute atomic E-state index is 0.292. The maximum Gasteiger partial charge on any atom is 0.0512 e. The van der Waals surface area contributed by atoms with Gasteiger partial charge in [0.2, 0.25) is 0 Å². The fraction of sp³-hybridized carbons (Fsp3) is 0.571. The first-order chi connectivity index (χ1) is 8.38. The Kier molecular flexibility index (Phi) is 4.40. The van der Waals surface area contributed by atoms with Crippen LogP contribution in [0.1, 0.15) is 20.8 Å². The van der Waals surface area contributed by atoms with E-state index in [0.29, 0.717) is 11.5 Å². The quantitative estimate of drug-likeness (QED) is 0.796. The number of nitrogens with zero attached hydrogens (tertiary/aromatic N) is 1. The number of hydrogen-bond donors (Lipinski definition) is 1.